The lowest BCUT2D eigenvalue weighted by atomic mass is 10.3. The van der Waals surface area contributed by atoms with Gasteiger partial charge in [-0.25, -0.2) is 4.98 Å². The molecule has 1 aromatic rings. The molecule has 0 bridgehead atoms. The van der Waals surface area contributed by atoms with Crippen LogP contribution in [0.15, 0.2) is 24.4 Å². The lowest BCUT2D eigenvalue weighted by Gasteiger charge is -2.22. The van der Waals surface area contributed by atoms with Crippen LogP contribution in [0.25, 0.3) is 0 Å². The van der Waals surface area contributed by atoms with Crippen LogP contribution in [0.4, 0.5) is 11.8 Å². The minimum Gasteiger partial charge on any atom is -0.384 e. The number of aromatic nitrogens is 2. The van der Waals surface area contributed by atoms with E-state index in [0.717, 1.165) is 25.5 Å². The van der Waals surface area contributed by atoms with Gasteiger partial charge < -0.3 is 10.6 Å². The Morgan fingerprint density at radius 1 is 1.38 bits per heavy atom. The molecule has 0 spiro atoms. The minimum absolute atomic E-state index is 0.527. The second kappa shape index (κ2) is 3.43. The fraction of sp³-hybridized carbons (Fsp3) is 0.333. The summed E-state index contributed by atoms with van der Waals surface area (Å²) >= 11 is 0. The van der Waals surface area contributed by atoms with Crippen LogP contribution in [0.2, 0.25) is 0 Å². The zero-order valence-electron chi connectivity index (χ0n) is 7.35. The predicted molar refractivity (Wildman–Crippen MR) is 52.4 cm³/mol. The monoisotopic (exact) mass is 176 g/mol. The lowest BCUT2D eigenvalue weighted by Crippen LogP contribution is -2.28. The molecule has 0 aromatic carbocycles. The highest BCUT2D eigenvalue weighted by Crippen LogP contribution is 2.11. The van der Waals surface area contributed by atoms with E-state index in [4.69, 9.17) is 5.73 Å². The van der Waals surface area contributed by atoms with Crippen molar-refractivity contribution in [3.05, 3.63) is 24.4 Å². The standard InChI is InChI=1S/C9H12N4/c10-8-4-5-11-9(12-8)13-6-2-1-3-7-13/h1-2,4-5H,3,6-7H2,(H2,10,11,12). The molecule has 1 aliphatic rings. The van der Waals surface area contributed by atoms with E-state index < -0.39 is 0 Å². The van der Waals surface area contributed by atoms with Gasteiger partial charge in [-0.15, -0.1) is 0 Å². The van der Waals surface area contributed by atoms with Gasteiger partial charge in [-0.1, -0.05) is 12.2 Å². The average Bonchev–Trinajstić information content (AvgIpc) is 2.19. The first-order valence-corrected chi connectivity index (χ1v) is 4.35. The molecule has 68 valence electrons. The normalized spacial score (nSPS) is 16.2. The van der Waals surface area contributed by atoms with Crippen LogP contribution >= 0.6 is 0 Å². The molecule has 0 saturated heterocycles. The first-order valence-electron chi connectivity index (χ1n) is 4.35. The van der Waals surface area contributed by atoms with Crippen molar-refractivity contribution in [1.82, 2.24) is 9.97 Å². The van der Waals surface area contributed by atoms with E-state index in [9.17, 15) is 0 Å². The van der Waals surface area contributed by atoms with E-state index in [1.165, 1.54) is 0 Å². The lowest BCUT2D eigenvalue weighted by molar-refractivity contribution is 0.788. The molecule has 13 heavy (non-hydrogen) atoms. The third-order valence-electron chi connectivity index (χ3n) is 2.01. The summed E-state index contributed by atoms with van der Waals surface area (Å²) in [5.41, 5.74) is 5.57. The van der Waals surface area contributed by atoms with Crippen molar-refractivity contribution in [2.75, 3.05) is 23.7 Å². The number of nitrogen functional groups attached to an aromatic ring is 1. The van der Waals surface area contributed by atoms with Crippen molar-refractivity contribution >= 4 is 11.8 Å². The van der Waals surface area contributed by atoms with Gasteiger partial charge in [-0.3, -0.25) is 0 Å². The van der Waals surface area contributed by atoms with Crippen molar-refractivity contribution in [2.45, 2.75) is 6.42 Å². The van der Waals surface area contributed by atoms with Gasteiger partial charge in [0.25, 0.3) is 0 Å². The maximum Gasteiger partial charge on any atom is 0.227 e. The highest BCUT2D eigenvalue weighted by molar-refractivity contribution is 5.39. The number of anilines is 2. The second-order valence-electron chi connectivity index (χ2n) is 2.99. The molecule has 0 aliphatic carbocycles. The zero-order valence-corrected chi connectivity index (χ0v) is 7.35. The average molecular weight is 176 g/mol. The van der Waals surface area contributed by atoms with Crippen LogP contribution in [-0.2, 0) is 0 Å². The van der Waals surface area contributed by atoms with Gasteiger partial charge in [0.2, 0.25) is 5.95 Å². The summed E-state index contributed by atoms with van der Waals surface area (Å²) in [5, 5.41) is 0. The Labute approximate surface area is 77.1 Å². The summed E-state index contributed by atoms with van der Waals surface area (Å²) in [7, 11) is 0. The molecule has 1 aliphatic heterocycles. The van der Waals surface area contributed by atoms with Crippen LogP contribution in [0, 0.1) is 0 Å². The van der Waals surface area contributed by atoms with E-state index in [-0.39, 0.29) is 0 Å². The largest absolute Gasteiger partial charge is 0.384 e. The van der Waals surface area contributed by atoms with E-state index in [1.807, 2.05) is 0 Å². The summed E-state index contributed by atoms with van der Waals surface area (Å²) in [6.07, 6.45) is 7.03. The van der Waals surface area contributed by atoms with Crippen LogP contribution in [-0.4, -0.2) is 23.1 Å². The van der Waals surface area contributed by atoms with Gasteiger partial charge in [0.1, 0.15) is 5.82 Å². The van der Waals surface area contributed by atoms with Gasteiger partial charge in [-0.05, 0) is 12.5 Å². The molecule has 0 radical (unpaired) electrons. The third-order valence-corrected chi connectivity index (χ3v) is 2.01. The molecule has 0 saturated carbocycles. The Bertz CT molecular complexity index is 321. The number of nitrogens with zero attached hydrogens (tertiary/aromatic N) is 3. The van der Waals surface area contributed by atoms with Gasteiger partial charge >= 0.3 is 0 Å². The van der Waals surface area contributed by atoms with Gasteiger partial charge in [0, 0.05) is 19.3 Å². The molecule has 0 unspecified atom stereocenters. The van der Waals surface area contributed by atoms with Crippen molar-refractivity contribution in [3.8, 4) is 0 Å². The third kappa shape index (κ3) is 1.77. The van der Waals surface area contributed by atoms with E-state index in [1.54, 1.807) is 12.3 Å². The fourth-order valence-corrected chi connectivity index (χ4v) is 1.34. The SMILES string of the molecule is Nc1ccnc(N2CC=CCC2)n1. The van der Waals surface area contributed by atoms with Gasteiger partial charge in [-0.2, -0.15) is 4.98 Å². The topological polar surface area (TPSA) is 55.0 Å². The molecule has 2 N–H and O–H groups in total. The highest BCUT2D eigenvalue weighted by atomic mass is 15.3. The van der Waals surface area contributed by atoms with Crippen LogP contribution in [0.3, 0.4) is 0 Å². The maximum absolute atomic E-state index is 5.57. The highest BCUT2D eigenvalue weighted by Gasteiger charge is 2.09. The molecule has 0 fully saturated rings. The van der Waals surface area contributed by atoms with Crippen LogP contribution in [0.5, 0.6) is 0 Å². The number of rotatable bonds is 1. The number of nitrogens with two attached hydrogens (primary N) is 1. The second-order valence-corrected chi connectivity index (χ2v) is 2.99. The summed E-state index contributed by atoms with van der Waals surface area (Å²) in [4.78, 5) is 10.4. The van der Waals surface area contributed by atoms with Crippen molar-refractivity contribution < 1.29 is 0 Å². The molecule has 2 rings (SSSR count). The van der Waals surface area contributed by atoms with Crippen LogP contribution in [0.1, 0.15) is 6.42 Å². The first-order chi connectivity index (χ1) is 6.36. The Hall–Kier alpha value is -1.58. The van der Waals surface area contributed by atoms with Gasteiger partial charge in [0.15, 0.2) is 0 Å². The molecular weight excluding hydrogens is 164 g/mol. The van der Waals surface area contributed by atoms with E-state index >= 15 is 0 Å². The molecule has 2 heterocycles. The summed E-state index contributed by atoms with van der Waals surface area (Å²) < 4.78 is 0. The quantitative estimate of drug-likeness (QED) is 0.644. The zero-order chi connectivity index (χ0) is 9.10. The molecule has 0 amide bonds. The number of hydrogen-bond acceptors (Lipinski definition) is 4. The molecule has 4 nitrogen and oxygen atoms in total. The summed E-state index contributed by atoms with van der Waals surface area (Å²) in [6, 6.07) is 1.70. The van der Waals surface area contributed by atoms with Crippen molar-refractivity contribution in [2.24, 2.45) is 0 Å². The predicted octanol–water partition coefficient (Wildman–Crippen LogP) is 0.825. The Morgan fingerprint density at radius 3 is 3.00 bits per heavy atom. The molecule has 0 atom stereocenters. The minimum atomic E-state index is 0.527. The smallest absolute Gasteiger partial charge is 0.227 e. The van der Waals surface area contributed by atoms with E-state index in [2.05, 4.69) is 27.0 Å². The Kier molecular flexibility index (Phi) is 2.12. The Balaban J connectivity index is 2.20. The molecular formula is C9H12N4. The van der Waals surface area contributed by atoms with Crippen molar-refractivity contribution in [3.63, 3.8) is 0 Å². The maximum atomic E-state index is 5.57. The van der Waals surface area contributed by atoms with Gasteiger partial charge in [0.05, 0.1) is 0 Å². The van der Waals surface area contributed by atoms with Crippen LogP contribution < -0.4 is 10.6 Å². The Morgan fingerprint density at radius 2 is 2.31 bits per heavy atom. The summed E-state index contributed by atoms with van der Waals surface area (Å²) in [5.74, 6) is 1.25. The van der Waals surface area contributed by atoms with Crippen molar-refractivity contribution in [1.29, 1.82) is 0 Å². The first kappa shape index (κ1) is 8.04. The number of hydrogen-bond donors (Lipinski definition) is 1. The summed E-state index contributed by atoms with van der Waals surface area (Å²) in [6.45, 7) is 1.85. The molecule has 4 heteroatoms. The van der Waals surface area contributed by atoms with E-state index in [0.29, 0.717) is 5.82 Å². The fourth-order valence-electron chi connectivity index (χ4n) is 1.34. The molecule has 1 aromatic heterocycles.